The molecule has 1 unspecified atom stereocenters. The molecule has 2 heterocycles. The zero-order valence-corrected chi connectivity index (χ0v) is 17.5. The summed E-state index contributed by atoms with van der Waals surface area (Å²) in [5, 5.41) is 11.6. The maximum Gasteiger partial charge on any atom is 0.271 e. The normalized spacial score (nSPS) is 22.7. The fraction of sp³-hybridized carbons (Fsp3) is 0.350. The number of rotatable bonds is 2. The summed E-state index contributed by atoms with van der Waals surface area (Å²) < 4.78 is 16.5. The van der Waals surface area contributed by atoms with E-state index in [4.69, 9.17) is 0 Å². The Morgan fingerprint density at radius 1 is 1.00 bits per heavy atom. The van der Waals surface area contributed by atoms with Crippen molar-refractivity contribution in [3.8, 4) is 0 Å². The molecule has 2 aromatic carbocycles. The third-order valence-electron chi connectivity index (χ3n) is 5.18. The third-order valence-corrected chi connectivity index (χ3v) is 5.70. The van der Waals surface area contributed by atoms with E-state index in [2.05, 4.69) is 37.5 Å². The number of benzene rings is 2. The van der Waals surface area contributed by atoms with Crippen LogP contribution in [0.25, 0.3) is 0 Å². The molecule has 0 aliphatic carbocycles. The van der Waals surface area contributed by atoms with Crippen molar-refractivity contribution in [3.63, 3.8) is 0 Å². The van der Waals surface area contributed by atoms with Gasteiger partial charge in [-0.25, -0.2) is 13.9 Å². The van der Waals surface area contributed by atoms with E-state index in [0.29, 0.717) is 6.54 Å². The van der Waals surface area contributed by atoms with Crippen molar-refractivity contribution in [2.45, 2.75) is 31.4 Å². The molecule has 3 nitrogen and oxygen atoms in total. The molecule has 0 amide bonds. The van der Waals surface area contributed by atoms with Crippen LogP contribution in [0.1, 0.15) is 31.2 Å². The molecule has 0 fully saturated rings. The van der Waals surface area contributed by atoms with E-state index < -0.39 is 5.72 Å². The lowest BCUT2D eigenvalue weighted by Crippen LogP contribution is -3.00. The average molecular weight is 484 g/mol. The molecule has 4 rings (SSSR count). The van der Waals surface area contributed by atoms with E-state index >= 15 is 0 Å². The predicted molar refractivity (Wildman–Crippen MR) is 100 cm³/mol. The number of anilines is 1. The van der Waals surface area contributed by atoms with Gasteiger partial charge in [0.05, 0.1) is 6.54 Å². The van der Waals surface area contributed by atoms with Gasteiger partial charge in [-0.2, -0.15) is 0 Å². The summed E-state index contributed by atoms with van der Waals surface area (Å²) in [6, 6.07) is 14.4. The van der Waals surface area contributed by atoms with Crippen molar-refractivity contribution in [1.29, 1.82) is 0 Å². The minimum atomic E-state index is -1.12. The van der Waals surface area contributed by atoms with Gasteiger partial charge in [-0.05, 0) is 67.8 Å². The number of β-amino-alcohol motifs (C(OH)–C–C–N with tert-alkyl or cyclic N) is 1. The Morgan fingerprint density at radius 2 is 1.69 bits per heavy atom. The molecular formula is C20H21Br2FN2O. The maximum absolute atomic E-state index is 13.4. The first-order valence-electron chi connectivity index (χ1n) is 8.73. The van der Waals surface area contributed by atoms with Gasteiger partial charge in [0.2, 0.25) is 0 Å². The van der Waals surface area contributed by atoms with Crippen LogP contribution in [0.3, 0.4) is 0 Å². The topological polar surface area (TPSA) is 26.5 Å². The smallest absolute Gasteiger partial charge is 0.271 e. The highest BCUT2D eigenvalue weighted by Gasteiger charge is 2.51. The van der Waals surface area contributed by atoms with E-state index in [1.54, 1.807) is 12.1 Å². The van der Waals surface area contributed by atoms with Gasteiger partial charge >= 0.3 is 0 Å². The summed E-state index contributed by atoms with van der Waals surface area (Å²) >= 11 is 3.48. The van der Waals surface area contributed by atoms with Gasteiger partial charge in [-0.15, -0.1) is 0 Å². The zero-order chi connectivity index (χ0) is 17.4. The van der Waals surface area contributed by atoms with E-state index in [1.165, 1.54) is 12.1 Å². The van der Waals surface area contributed by atoms with Crippen LogP contribution in [0, 0.1) is 5.82 Å². The SMILES string of the molecule is OC1(c2ccc(F)cc2)CN(c2ccc(Br)cc2)C2=[N+]1CCCCC2.[Br-]. The minimum Gasteiger partial charge on any atom is -1.00 e. The van der Waals surface area contributed by atoms with Crippen LogP contribution >= 0.6 is 15.9 Å². The number of hydrogen-bond donors (Lipinski definition) is 1. The Bertz CT molecular complexity index is 808. The summed E-state index contributed by atoms with van der Waals surface area (Å²) in [6.45, 7) is 1.27. The quantitative estimate of drug-likeness (QED) is 0.650. The van der Waals surface area contributed by atoms with Gasteiger partial charge < -0.3 is 22.1 Å². The monoisotopic (exact) mass is 482 g/mol. The van der Waals surface area contributed by atoms with Gasteiger partial charge in [0, 0.05) is 16.5 Å². The van der Waals surface area contributed by atoms with Crippen LogP contribution < -0.4 is 21.9 Å². The van der Waals surface area contributed by atoms with Crippen LogP contribution in [0.2, 0.25) is 0 Å². The summed E-state index contributed by atoms with van der Waals surface area (Å²) in [5.74, 6) is 0.877. The highest BCUT2D eigenvalue weighted by atomic mass is 79.9. The second-order valence-electron chi connectivity index (χ2n) is 6.76. The second kappa shape index (κ2) is 7.79. The molecule has 0 saturated heterocycles. The molecule has 1 atom stereocenters. The lowest BCUT2D eigenvalue weighted by molar-refractivity contribution is -0.658. The molecule has 1 N–H and O–H groups in total. The molecule has 2 aliphatic heterocycles. The molecular weight excluding hydrogens is 463 g/mol. The summed E-state index contributed by atoms with van der Waals surface area (Å²) in [7, 11) is 0. The maximum atomic E-state index is 13.4. The van der Waals surface area contributed by atoms with Crippen LogP contribution in [0.5, 0.6) is 0 Å². The Hall–Kier alpha value is -1.24. The standard InChI is InChI=1S/C20H21BrFN2O.BrH/c21-16-7-11-18(12-8-16)23-14-20(25,15-5-9-17(22)10-6-15)24-13-3-1-2-4-19(23)24;/h5-12,25H,1-4,13-14H2;1H/q+1;/p-1. The van der Waals surface area contributed by atoms with Gasteiger partial charge in [0.25, 0.3) is 11.6 Å². The van der Waals surface area contributed by atoms with Crippen molar-refractivity contribution in [2.24, 2.45) is 0 Å². The predicted octanol–water partition coefficient (Wildman–Crippen LogP) is 1.24. The van der Waals surface area contributed by atoms with Crippen LogP contribution in [-0.2, 0) is 5.72 Å². The number of nitrogens with zero attached hydrogens (tertiary/aromatic N) is 2. The Morgan fingerprint density at radius 3 is 2.38 bits per heavy atom. The summed E-state index contributed by atoms with van der Waals surface area (Å²) in [5.41, 5.74) is 0.691. The largest absolute Gasteiger partial charge is 1.00 e. The Kier molecular flexibility index (Phi) is 5.85. The number of hydrogen-bond acceptors (Lipinski definition) is 2. The molecule has 2 aromatic rings. The van der Waals surface area contributed by atoms with E-state index in [-0.39, 0.29) is 22.8 Å². The van der Waals surface area contributed by atoms with Crippen molar-refractivity contribution in [1.82, 2.24) is 0 Å². The number of aliphatic hydroxyl groups is 1. The first-order valence-corrected chi connectivity index (χ1v) is 9.52. The fourth-order valence-electron chi connectivity index (χ4n) is 3.90. The molecule has 138 valence electrons. The number of halogens is 3. The lowest BCUT2D eigenvalue weighted by Gasteiger charge is -2.23. The Balaban J connectivity index is 0.00000196. The summed E-state index contributed by atoms with van der Waals surface area (Å²) in [4.78, 5) is 2.21. The molecule has 0 aromatic heterocycles. The van der Waals surface area contributed by atoms with Gasteiger partial charge in [-0.3, -0.25) is 0 Å². The van der Waals surface area contributed by atoms with Crippen LogP contribution in [0.4, 0.5) is 10.1 Å². The molecule has 0 bridgehead atoms. The van der Waals surface area contributed by atoms with Gasteiger partial charge in [-0.1, -0.05) is 15.9 Å². The Labute approximate surface area is 172 Å². The number of amidine groups is 1. The van der Waals surface area contributed by atoms with Gasteiger partial charge in [0.1, 0.15) is 11.5 Å². The van der Waals surface area contributed by atoms with Crippen molar-refractivity contribution in [2.75, 3.05) is 18.0 Å². The lowest BCUT2D eigenvalue weighted by atomic mass is 10.0. The first kappa shape index (κ1) is 19.5. The van der Waals surface area contributed by atoms with Crippen molar-refractivity contribution >= 4 is 27.5 Å². The highest BCUT2D eigenvalue weighted by Crippen LogP contribution is 2.35. The highest BCUT2D eigenvalue weighted by molar-refractivity contribution is 9.10. The molecule has 2 aliphatic rings. The summed E-state index contributed by atoms with van der Waals surface area (Å²) in [6.07, 6.45) is 4.28. The van der Waals surface area contributed by atoms with Gasteiger partial charge in [0.15, 0.2) is 6.54 Å². The minimum absolute atomic E-state index is 0. The van der Waals surface area contributed by atoms with E-state index in [1.807, 2.05) is 12.1 Å². The molecule has 0 spiro atoms. The second-order valence-corrected chi connectivity index (χ2v) is 7.68. The van der Waals surface area contributed by atoms with Crippen molar-refractivity contribution in [3.05, 3.63) is 64.4 Å². The van der Waals surface area contributed by atoms with Crippen LogP contribution in [-0.4, -0.2) is 28.6 Å². The average Bonchev–Trinajstić information content (AvgIpc) is 2.78. The molecule has 0 radical (unpaired) electrons. The van der Waals surface area contributed by atoms with Crippen molar-refractivity contribution < 1.29 is 31.1 Å². The van der Waals surface area contributed by atoms with E-state index in [9.17, 15) is 9.50 Å². The third kappa shape index (κ3) is 3.47. The van der Waals surface area contributed by atoms with E-state index in [0.717, 1.165) is 53.8 Å². The fourth-order valence-corrected chi connectivity index (χ4v) is 4.16. The first-order chi connectivity index (χ1) is 12.1. The zero-order valence-electron chi connectivity index (χ0n) is 14.3. The molecule has 6 heteroatoms. The molecule has 0 saturated carbocycles. The van der Waals surface area contributed by atoms with Crippen LogP contribution in [0.15, 0.2) is 53.0 Å². The molecule has 26 heavy (non-hydrogen) atoms.